The minimum atomic E-state index is -4.11. The summed E-state index contributed by atoms with van der Waals surface area (Å²) in [6.07, 6.45) is 0.753. The molecule has 35 heavy (non-hydrogen) atoms. The fourth-order valence-corrected chi connectivity index (χ4v) is 4.56. The van der Waals surface area contributed by atoms with E-state index in [4.69, 9.17) is 8.92 Å². The molecule has 194 valence electrons. The van der Waals surface area contributed by atoms with Crippen molar-refractivity contribution in [1.29, 1.82) is 0 Å². The van der Waals surface area contributed by atoms with Gasteiger partial charge in [-0.05, 0) is 71.4 Å². The average Bonchev–Trinajstić information content (AvgIpc) is 2.83. The summed E-state index contributed by atoms with van der Waals surface area (Å²) < 4.78 is 37.1. The molecule has 0 radical (unpaired) electrons. The number of hydrogen-bond donors (Lipinski definition) is 1. The van der Waals surface area contributed by atoms with E-state index in [2.05, 4.69) is 10.2 Å². The molecule has 9 heteroatoms. The van der Waals surface area contributed by atoms with Crippen molar-refractivity contribution in [3.63, 3.8) is 0 Å². The molecule has 0 aliphatic carbocycles. The van der Waals surface area contributed by atoms with Crippen molar-refractivity contribution < 1.29 is 22.1 Å². The smallest absolute Gasteiger partial charge is 0.339 e. The van der Waals surface area contributed by atoms with Crippen LogP contribution >= 0.6 is 0 Å². The Morgan fingerprint density at radius 3 is 2.14 bits per heavy atom. The maximum absolute atomic E-state index is 13.2. The maximum atomic E-state index is 13.2. The highest BCUT2D eigenvalue weighted by Gasteiger charge is 2.25. The summed E-state index contributed by atoms with van der Waals surface area (Å²) in [6.45, 7) is 13.6. The number of carbonyl (C=O) groups is 1. The van der Waals surface area contributed by atoms with Gasteiger partial charge in [-0.2, -0.15) is 8.42 Å². The van der Waals surface area contributed by atoms with Gasteiger partial charge in [0.2, 0.25) is 0 Å². The van der Waals surface area contributed by atoms with E-state index in [1.165, 1.54) is 19.2 Å². The summed E-state index contributed by atoms with van der Waals surface area (Å²) in [4.78, 5) is 16.8. The highest BCUT2D eigenvalue weighted by molar-refractivity contribution is 7.87. The van der Waals surface area contributed by atoms with Crippen LogP contribution in [0.2, 0.25) is 0 Å². The SMILES string of the molecule is CCC(C)N(Cc1ccc(N(CC)CC)cc1OS(=O)(=O)c1ccc(OC)cc1)C(=O)NC(C)C. The van der Waals surface area contributed by atoms with Crippen LogP contribution in [0.5, 0.6) is 11.5 Å². The Balaban J connectivity index is 2.51. The zero-order valence-corrected chi connectivity index (χ0v) is 22.7. The minimum absolute atomic E-state index is 0.0221. The first-order valence-electron chi connectivity index (χ1n) is 12.1. The molecule has 8 nitrogen and oxygen atoms in total. The molecule has 0 heterocycles. The summed E-state index contributed by atoms with van der Waals surface area (Å²) in [5, 5.41) is 2.94. The van der Waals surface area contributed by atoms with E-state index in [9.17, 15) is 13.2 Å². The third kappa shape index (κ3) is 7.52. The van der Waals surface area contributed by atoms with Crippen LogP contribution in [0.3, 0.4) is 0 Å². The molecule has 2 aromatic carbocycles. The molecule has 2 aromatic rings. The topological polar surface area (TPSA) is 88.2 Å². The molecule has 0 aliphatic rings. The molecule has 2 amide bonds. The van der Waals surface area contributed by atoms with E-state index in [1.807, 2.05) is 53.7 Å². The molecule has 0 bridgehead atoms. The van der Waals surface area contributed by atoms with Gasteiger partial charge < -0.3 is 24.0 Å². The molecular formula is C26H39N3O5S. The van der Waals surface area contributed by atoms with Crippen LogP contribution in [0, 0.1) is 0 Å². The lowest BCUT2D eigenvalue weighted by Crippen LogP contribution is -2.46. The van der Waals surface area contributed by atoms with E-state index in [0.717, 1.165) is 25.2 Å². The van der Waals surface area contributed by atoms with Gasteiger partial charge in [0.25, 0.3) is 0 Å². The van der Waals surface area contributed by atoms with Crippen molar-refractivity contribution in [3.8, 4) is 11.5 Å². The molecular weight excluding hydrogens is 466 g/mol. The van der Waals surface area contributed by atoms with Crippen LogP contribution in [0.4, 0.5) is 10.5 Å². The Morgan fingerprint density at radius 1 is 1.00 bits per heavy atom. The van der Waals surface area contributed by atoms with Crippen LogP contribution in [0.25, 0.3) is 0 Å². The van der Waals surface area contributed by atoms with Gasteiger partial charge in [0.1, 0.15) is 16.4 Å². The minimum Gasteiger partial charge on any atom is -0.497 e. The number of anilines is 1. The highest BCUT2D eigenvalue weighted by Crippen LogP contribution is 2.31. The highest BCUT2D eigenvalue weighted by atomic mass is 32.2. The Morgan fingerprint density at radius 2 is 1.63 bits per heavy atom. The van der Waals surface area contributed by atoms with E-state index in [0.29, 0.717) is 11.3 Å². The van der Waals surface area contributed by atoms with E-state index >= 15 is 0 Å². The monoisotopic (exact) mass is 505 g/mol. The zero-order chi connectivity index (χ0) is 26.2. The van der Waals surface area contributed by atoms with Crippen molar-refractivity contribution in [2.24, 2.45) is 0 Å². The molecule has 0 aliphatic heterocycles. The number of benzene rings is 2. The van der Waals surface area contributed by atoms with Crippen molar-refractivity contribution in [1.82, 2.24) is 10.2 Å². The van der Waals surface area contributed by atoms with Gasteiger partial charge in [0.05, 0.1) is 13.7 Å². The molecule has 2 rings (SSSR count). The fraction of sp³-hybridized carbons (Fsp3) is 0.500. The molecule has 0 saturated carbocycles. The number of ether oxygens (including phenoxy) is 1. The Labute approximate surface area is 210 Å². The predicted octanol–water partition coefficient (Wildman–Crippen LogP) is 5.03. The molecule has 1 N–H and O–H groups in total. The van der Waals surface area contributed by atoms with E-state index < -0.39 is 10.1 Å². The third-order valence-electron chi connectivity index (χ3n) is 5.86. The standard InChI is InChI=1S/C26H39N3O5S/c1-8-20(6)29(26(30)27-19(4)5)18-21-11-12-22(28(9-2)10-3)17-25(21)34-35(31,32)24-15-13-23(33-7)14-16-24/h11-17,19-20H,8-10,18H2,1-7H3,(H,27,30). The van der Waals surface area contributed by atoms with Crippen molar-refractivity contribution in [2.75, 3.05) is 25.1 Å². The van der Waals surface area contributed by atoms with Crippen molar-refractivity contribution in [2.45, 2.75) is 71.5 Å². The molecule has 0 spiro atoms. The van der Waals surface area contributed by atoms with Crippen LogP contribution < -0.4 is 19.1 Å². The molecule has 0 saturated heterocycles. The van der Waals surface area contributed by atoms with Crippen LogP contribution in [-0.2, 0) is 16.7 Å². The van der Waals surface area contributed by atoms with Gasteiger partial charge in [-0.1, -0.05) is 13.0 Å². The number of nitrogens with one attached hydrogen (secondary N) is 1. The van der Waals surface area contributed by atoms with Crippen LogP contribution in [0.1, 0.15) is 53.5 Å². The van der Waals surface area contributed by atoms with E-state index in [1.54, 1.807) is 23.1 Å². The number of hydrogen-bond acceptors (Lipinski definition) is 6. The second-order valence-corrected chi connectivity index (χ2v) is 10.2. The molecule has 0 fully saturated rings. The Hall–Kier alpha value is -2.94. The number of urea groups is 1. The first-order chi connectivity index (χ1) is 16.6. The van der Waals surface area contributed by atoms with Gasteiger partial charge in [-0.15, -0.1) is 0 Å². The summed E-state index contributed by atoms with van der Waals surface area (Å²) in [6, 6.07) is 11.3. The lowest BCUT2D eigenvalue weighted by atomic mass is 10.1. The van der Waals surface area contributed by atoms with Crippen molar-refractivity contribution in [3.05, 3.63) is 48.0 Å². The van der Waals surface area contributed by atoms with Gasteiger partial charge in [-0.25, -0.2) is 4.79 Å². The average molecular weight is 506 g/mol. The van der Waals surface area contributed by atoms with Crippen molar-refractivity contribution >= 4 is 21.8 Å². The first-order valence-corrected chi connectivity index (χ1v) is 13.5. The third-order valence-corrected chi connectivity index (χ3v) is 7.11. The first kappa shape index (κ1) is 28.3. The predicted molar refractivity (Wildman–Crippen MR) is 140 cm³/mol. The zero-order valence-electron chi connectivity index (χ0n) is 21.9. The van der Waals surface area contributed by atoms with Gasteiger partial charge in [-0.3, -0.25) is 0 Å². The Kier molecular flexibility index (Phi) is 10.2. The second kappa shape index (κ2) is 12.7. The summed E-state index contributed by atoms with van der Waals surface area (Å²) in [5.74, 6) is 0.754. The van der Waals surface area contributed by atoms with Gasteiger partial charge >= 0.3 is 16.1 Å². The number of amides is 2. The lowest BCUT2D eigenvalue weighted by Gasteiger charge is -2.30. The van der Waals surface area contributed by atoms with Gasteiger partial charge in [0, 0.05) is 42.5 Å². The molecule has 0 aromatic heterocycles. The number of nitrogens with zero attached hydrogens (tertiary/aromatic N) is 2. The summed E-state index contributed by atoms with van der Waals surface area (Å²) in [7, 11) is -2.59. The Bertz CT molecular complexity index is 1070. The van der Waals surface area contributed by atoms with Gasteiger partial charge in [0.15, 0.2) is 0 Å². The maximum Gasteiger partial charge on any atom is 0.339 e. The number of methoxy groups -OCH3 is 1. The number of carbonyl (C=O) groups excluding carboxylic acids is 1. The fourth-order valence-electron chi connectivity index (χ4n) is 3.61. The quantitative estimate of drug-likeness (QED) is 0.407. The molecule has 1 unspecified atom stereocenters. The second-order valence-electron chi connectivity index (χ2n) is 8.67. The number of rotatable bonds is 12. The van der Waals surface area contributed by atoms with E-state index in [-0.39, 0.29) is 35.3 Å². The lowest BCUT2D eigenvalue weighted by molar-refractivity contribution is 0.170. The normalized spacial score (nSPS) is 12.2. The molecule has 1 atom stereocenters. The summed E-state index contributed by atoms with van der Waals surface area (Å²) in [5.41, 5.74) is 1.46. The largest absolute Gasteiger partial charge is 0.497 e. The summed E-state index contributed by atoms with van der Waals surface area (Å²) >= 11 is 0. The van der Waals surface area contributed by atoms with Crippen LogP contribution in [-0.4, -0.2) is 51.6 Å². The van der Waals surface area contributed by atoms with Crippen LogP contribution in [0.15, 0.2) is 47.4 Å².